The fraction of sp³-hybridized carbons (Fsp3) is 0. The largest absolute Gasteiger partial charge is 0.380 e. The second-order valence-electron chi connectivity index (χ2n) is 4.40. The van der Waals surface area contributed by atoms with Crippen molar-refractivity contribution in [3.05, 3.63) is 57.0 Å². The summed E-state index contributed by atoms with van der Waals surface area (Å²) in [6, 6.07) is 12.8. The third-order valence-electron chi connectivity index (χ3n) is 3.03. The van der Waals surface area contributed by atoms with Crippen LogP contribution in [-0.2, 0) is 0 Å². The second kappa shape index (κ2) is 5.72. The van der Waals surface area contributed by atoms with Crippen LogP contribution in [0, 0.1) is 0 Å². The van der Waals surface area contributed by atoms with E-state index in [9.17, 15) is 0 Å². The average molecular weight is 384 g/mol. The van der Waals surface area contributed by atoms with Gasteiger partial charge in [-0.25, -0.2) is 0 Å². The SMILES string of the molecule is Nc1noc(-c2ccc(Br)cc2Cl)c1-c1ccc(Cl)cc1. The molecular formula is C15H9BrCl2N2O. The van der Waals surface area contributed by atoms with Crippen LogP contribution in [0.25, 0.3) is 22.5 Å². The molecule has 0 aliphatic carbocycles. The molecule has 3 nitrogen and oxygen atoms in total. The summed E-state index contributed by atoms with van der Waals surface area (Å²) in [4.78, 5) is 0. The van der Waals surface area contributed by atoms with Crippen molar-refractivity contribution >= 4 is 44.9 Å². The van der Waals surface area contributed by atoms with E-state index in [2.05, 4.69) is 21.1 Å². The molecule has 3 rings (SSSR count). The summed E-state index contributed by atoms with van der Waals surface area (Å²) in [5.74, 6) is 0.846. The van der Waals surface area contributed by atoms with Crippen molar-refractivity contribution in [3.8, 4) is 22.5 Å². The Hall–Kier alpha value is -1.49. The first-order chi connectivity index (χ1) is 10.1. The molecule has 0 saturated carbocycles. The highest BCUT2D eigenvalue weighted by Gasteiger charge is 2.19. The van der Waals surface area contributed by atoms with Crippen molar-refractivity contribution in [2.75, 3.05) is 5.73 Å². The molecule has 21 heavy (non-hydrogen) atoms. The number of nitrogens with zero attached hydrogens (tertiary/aromatic N) is 1. The van der Waals surface area contributed by atoms with E-state index >= 15 is 0 Å². The number of benzene rings is 2. The number of anilines is 1. The van der Waals surface area contributed by atoms with Crippen LogP contribution >= 0.6 is 39.1 Å². The van der Waals surface area contributed by atoms with E-state index in [1.807, 2.05) is 24.3 Å². The zero-order chi connectivity index (χ0) is 15.0. The molecule has 1 aromatic heterocycles. The summed E-state index contributed by atoms with van der Waals surface area (Å²) in [5, 5.41) is 5.06. The Balaban J connectivity index is 2.19. The average Bonchev–Trinajstić information content (AvgIpc) is 2.82. The van der Waals surface area contributed by atoms with E-state index in [1.165, 1.54) is 0 Å². The Morgan fingerprint density at radius 1 is 1.05 bits per heavy atom. The van der Waals surface area contributed by atoms with Gasteiger partial charge in [-0.3, -0.25) is 0 Å². The minimum absolute atomic E-state index is 0.311. The van der Waals surface area contributed by atoms with Crippen LogP contribution < -0.4 is 5.73 Å². The van der Waals surface area contributed by atoms with E-state index < -0.39 is 0 Å². The number of rotatable bonds is 2. The number of hydrogen-bond acceptors (Lipinski definition) is 3. The van der Waals surface area contributed by atoms with Crippen LogP contribution in [0.1, 0.15) is 0 Å². The summed E-state index contributed by atoms with van der Waals surface area (Å²) in [6.07, 6.45) is 0. The van der Waals surface area contributed by atoms with Gasteiger partial charge in [0.05, 0.1) is 10.6 Å². The molecule has 0 saturated heterocycles. The van der Waals surface area contributed by atoms with Crippen LogP contribution in [0.15, 0.2) is 51.5 Å². The summed E-state index contributed by atoms with van der Waals surface area (Å²) in [5.41, 5.74) is 8.24. The van der Waals surface area contributed by atoms with Crippen LogP contribution in [-0.4, -0.2) is 5.16 Å². The van der Waals surface area contributed by atoms with Crippen molar-refractivity contribution in [1.29, 1.82) is 0 Å². The van der Waals surface area contributed by atoms with Crippen LogP contribution in [0.4, 0.5) is 5.82 Å². The fourth-order valence-corrected chi connectivity index (χ4v) is 2.94. The lowest BCUT2D eigenvalue weighted by Crippen LogP contribution is -1.89. The van der Waals surface area contributed by atoms with Crippen molar-refractivity contribution < 1.29 is 4.52 Å². The molecule has 0 unspecified atom stereocenters. The molecule has 0 aliphatic heterocycles. The molecule has 0 amide bonds. The molecule has 6 heteroatoms. The van der Waals surface area contributed by atoms with Crippen molar-refractivity contribution in [1.82, 2.24) is 5.16 Å². The predicted molar refractivity (Wildman–Crippen MR) is 89.5 cm³/mol. The van der Waals surface area contributed by atoms with Gasteiger partial charge in [0.15, 0.2) is 11.6 Å². The second-order valence-corrected chi connectivity index (χ2v) is 6.16. The van der Waals surface area contributed by atoms with Gasteiger partial charge in [0.2, 0.25) is 0 Å². The van der Waals surface area contributed by atoms with Crippen LogP contribution in [0.2, 0.25) is 10.0 Å². The van der Waals surface area contributed by atoms with Gasteiger partial charge in [-0.05, 0) is 35.9 Å². The highest BCUT2D eigenvalue weighted by Crippen LogP contribution is 2.40. The van der Waals surface area contributed by atoms with Crippen molar-refractivity contribution in [2.45, 2.75) is 0 Å². The third-order valence-corrected chi connectivity index (χ3v) is 4.09. The number of aromatic nitrogens is 1. The van der Waals surface area contributed by atoms with E-state index in [4.69, 9.17) is 33.5 Å². The van der Waals surface area contributed by atoms with Gasteiger partial charge < -0.3 is 10.3 Å². The lowest BCUT2D eigenvalue weighted by molar-refractivity contribution is 0.436. The standard InChI is InChI=1S/C15H9BrCl2N2O/c16-9-3-6-11(12(18)7-9)14-13(15(19)20-21-14)8-1-4-10(17)5-2-8/h1-7H,(H2,19,20). The maximum Gasteiger partial charge on any atom is 0.178 e. The van der Waals surface area contributed by atoms with Gasteiger partial charge in [0.1, 0.15) is 0 Å². The van der Waals surface area contributed by atoms with Gasteiger partial charge in [0.25, 0.3) is 0 Å². The summed E-state index contributed by atoms with van der Waals surface area (Å²) in [6.45, 7) is 0. The monoisotopic (exact) mass is 382 g/mol. The first kappa shape index (κ1) is 14.4. The van der Waals surface area contributed by atoms with E-state index in [0.29, 0.717) is 27.2 Å². The van der Waals surface area contributed by atoms with Gasteiger partial charge in [-0.1, -0.05) is 56.4 Å². The molecule has 2 N–H and O–H groups in total. The maximum atomic E-state index is 6.28. The Bertz CT molecular complexity index is 800. The summed E-state index contributed by atoms with van der Waals surface area (Å²) in [7, 11) is 0. The van der Waals surface area contributed by atoms with Crippen LogP contribution in [0.3, 0.4) is 0 Å². The first-order valence-corrected chi connectivity index (χ1v) is 7.57. The third kappa shape index (κ3) is 2.79. The molecule has 2 aromatic carbocycles. The first-order valence-electron chi connectivity index (χ1n) is 6.03. The smallest absolute Gasteiger partial charge is 0.178 e. The number of nitrogen functional groups attached to an aromatic ring is 1. The van der Waals surface area contributed by atoms with Crippen LogP contribution in [0.5, 0.6) is 0 Å². The van der Waals surface area contributed by atoms with Crippen molar-refractivity contribution in [3.63, 3.8) is 0 Å². The lowest BCUT2D eigenvalue weighted by Gasteiger charge is -2.05. The minimum Gasteiger partial charge on any atom is -0.380 e. The summed E-state index contributed by atoms with van der Waals surface area (Å²) >= 11 is 15.6. The predicted octanol–water partition coefficient (Wildman–Crippen LogP) is 5.66. The van der Waals surface area contributed by atoms with Crippen molar-refractivity contribution in [2.24, 2.45) is 0 Å². The van der Waals surface area contributed by atoms with E-state index in [-0.39, 0.29) is 0 Å². The normalized spacial score (nSPS) is 10.8. The van der Waals surface area contributed by atoms with Gasteiger partial charge in [0, 0.05) is 15.1 Å². The molecule has 1 heterocycles. The Morgan fingerprint density at radius 2 is 1.76 bits per heavy atom. The molecule has 0 atom stereocenters. The lowest BCUT2D eigenvalue weighted by atomic mass is 10.0. The molecule has 0 radical (unpaired) electrons. The van der Waals surface area contributed by atoms with E-state index in [1.54, 1.807) is 18.2 Å². The Kier molecular flexibility index (Phi) is 3.93. The molecule has 0 bridgehead atoms. The maximum absolute atomic E-state index is 6.28. The molecule has 106 valence electrons. The van der Waals surface area contributed by atoms with Gasteiger partial charge >= 0.3 is 0 Å². The highest BCUT2D eigenvalue weighted by atomic mass is 79.9. The quantitative estimate of drug-likeness (QED) is 0.621. The molecule has 3 aromatic rings. The number of hydrogen-bond donors (Lipinski definition) is 1. The summed E-state index contributed by atoms with van der Waals surface area (Å²) < 4.78 is 6.27. The molecule has 0 fully saturated rings. The minimum atomic E-state index is 0.311. The Morgan fingerprint density at radius 3 is 2.43 bits per heavy atom. The fourth-order valence-electron chi connectivity index (χ4n) is 2.06. The topological polar surface area (TPSA) is 52.0 Å². The van der Waals surface area contributed by atoms with E-state index in [0.717, 1.165) is 15.6 Å². The molecule has 0 aliphatic rings. The van der Waals surface area contributed by atoms with Gasteiger partial charge in [-0.15, -0.1) is 0 Å². The highest BCUT2D eigenvalue weighted by molar-refractivity contribution is 9.10. The zero-order valence-corrected chi connectivity index (χ0v) is 13.7. The van der Waals surface area contributed by atoms with Gasteiger partial charge in [-0.2, -0.15) is 0 Å². The molecule has 0 spiro atoms. The zero-order valence-electron chi connectivity index (χ0n) is 10.6. The number of halogens is 3. The molecular weight excluding hydrogens is 375 g/mol. The number of nitrogens with two attached hydrogens (primary N) is 1. The Labute approximate surface area is 139 Å².